The van der Waals surface area contributed by atoms with Gasteiger partial charge in [0.15, 0.2) is 0 Å². The maximum Gasteiger partial charge on any atom is 0.371 e. The third kappa shape index (κ3) is 10.5. The summed E-state index contributed by atoms with van der Waals surface area (Å²) in [6, 6.07) is 3.12. The molecule has 0 aliphatic carbocycles. The normalized spacial score (nSPS) is 11.0. The highest BCUT2D eigenvalue weighted by atomic mass is 16.5. The molecule has 0 saturated heterocycles. The van der Waals surface area contributed by atoms with Crippen LogP contribution in [0.4, 0.5) is 0 Å². The van der Waals surface area contributed by atoms with Crippen molar-refractivity contribution in [3.63, 3.8) is 0 Å². The maximum absolute atomic E-state index is 10.7. The largest absolute Gasteiger partial charge is 0.475 e. The summed E-state index contributed by atoms with van der Waals surface area (Å²) in [4.78, 5) is 10.7. The second kappa shape index (κ2) is 14.1. The predicted molar refractivity (Wildman–Crippen MR) is 96.4 cm³/mol. The van der Waals surface area contributed by atoms with E-state index >= 15 is 0 Å². The predicted octanol–water partition coefficient (Wildman–Crippen LogP) is 6.20. The van der Waals surface area contributed by atoms with Crippen LogP contribution in [0.15, 0.2) is 16.5 Å². The molecule has 0 amide bonds. The van der Waals surface area contributed by atoms with Crippen molar-refractivity contribution in [3.8, 4) is 0 Å². The fraction of sp³-hybridized carbons (Fsp3) is 0.750. The molecule has 4 heteroatoms. The van der Waals surface area contributed by atoms with Gasteiger partial charge in [-0.15, -0.1) is 0 Å². The Hall–Kier alpha value is -1.29. The number of aromatic carboxylic acids is 1. The van der Waals surface area contributed by atoms with Crippen LogP contribution in [0.5, 0.6) is 0 Å². The molecule has 0 bridgehead atoms. The van der Waals surface area contributed by atoms with Gasteiger partial charge in [-0.3, -0.25) is 0 Å². The number of unbranched alkanes of at least 4 members (excludes halogenated alkanes) is 11. The topological polar surface area (TPSA) is 59.7 Å². The van der Waals surface area contributed by atoms with Gasteiger partial charge in [-0.2, -0.15) is 0 Å². The first-order valence-electron chi connectivity index (χ1n) is 9.63. The Balaban J connectivity index is 1.81. The summed E-state index contributed by atoms with van der Waals surface area (Å²) in [6.07, 6.45) is 16.0. The average Bonchev–Trinajstić information content (AvgIpc) is 3.04. The summed E-state index contributed by atoms with van der Waals surface area (Å²) in [6.45, 7) is 3.32. The molecular formula is C20H34O4. The summed E-state index contributed by atoms with van der Waals surface area (Å²) in [5.41, 5.74) is 0. The SMILES string of the molecule is CCCCCCCCCCCCCCOCc1ccc(C(=O)O)o1. The number of hydrogen-bond donors (Lipinski definition) is 1. The molecule has 0 unspecified atom stereocenters. The molecule has 4 nitrogen and oxygen atoms in total. The molecule has 0 fully saturated rings. The van der Waals surface area contributed by atoms with E-state index in [0.29, 0.717) is 19.0 Å². The van der Waals surface area contributed by atoms with Gasteiger partial charge in [-0.25, -0.2) is 4.79 Å². The lowest BCUT2D eigenvalue weighted by Crippen LogP contribution is -1.95. The van der Waals surface area contributed by atoms with Crippen molar-refractivity contribution in [2.75, 3.05) is 6.61 Å². The summed E-state index contributed by atoms with van der Waals surface area (Å²) >= 11 is 0. The highest BCUT2D eigenvalue weighted by Gasteiger charge is 2.08. The van der Waals surface area contributed by atoms with Crippen molar-refractivity contribution in [1.82, 2.24) is 0 Å². The van der Waals surface area contributed by atoms with Gasteiger partial charge < -0.3 is 14.3 Å². The first kappa shape index (κ1) is 20.8. The molecule has 0 saturated carbocycles. The third-order valence-corrected chi connectivity index (χ3v) is 4.26. The minimum absolute atomic E-state index is 0.0287. The first-order valence-corrected chi connectivity index (χ1v) is 9.63. The number of rotatable bonds is 16. The lowest BCUT2D eigenvalue weighted by molar-refractivity contribution is 0.0646. The highest BCUT2D eigenvalue weighted by molar-refractivity contribution is 5.84. The maximum atomic E-state index is 10.7. The minimum atomic E-state index is -1.04. The van der Waals surface area contributed by atoms with Gasteiger partial charge in [-0.05, 0) is 18.6 Å². The second-order valence-electron chi connectivity index (χ2n) is 6.51. The highest BCUT2D eigenvalue weighted by Crippen LogP contribution is 2.12. The van der Waals surface area contributed by atoms with E-state index < -0.39 is 5.97 Å². The Morgan fingerprint density at radius 2 is 1.46 bits per heavy atom. The Morgan fingerprint density at radius 3 is 1.96 bits per heavy atom. The molecule has 1 N–H and O–H groups in total. The average molecular weight is 338 g/mol. The molecule has 0 aliphatic rings. The minimum Gasteiger partial charge on any atom is -0.475 e. The summed E-state index contributed by atoms with van der Waals surface area (Å²) in [5, 5.41) is 8.76. The fourth-order valence-corrected chi connectivity index (χ4v) is 2.79. The monoisotopic (exact) mass is 338 g/mol. The van der Waals surface area contributed by atoms with Crippen LogP contribution in [-0.4, -0.2) is 17.7 Å². The van der Waals surface area contributed by atoms with Crippen LogP contribution in [0.25, 0.3) is 0 Å². The van der Waals surface area contributed by atoms with Gasteiger partial charge in [0.25, 0.3) is 0 Å². The molecule has 1 aromatic rings. The van der Waals surface area contributed by atoms with E-state index in [1.54, 1.807) is 6.07 Å². The number of carboxylic acids is 1. The Bertz CT molecular complexity index is 425. The van der Waals surface area contributed by atoms with Crippen molar-refractivity contribution in [1.29, 1.82) is 0 Å². The van der Waals surface area contributed by atoms with E-state index in [0.717, 1.165) is 6.42 Å². The molecule has 24 heavy (non-hydrogen) atoms. The molecule has 1 rings (SSSR count). The van der Waals surface area contributed by atoms with E-state index in [-0.39, 0.29) is 5.76 Å². The zero-order valence-corrected chi connectivity index (χ0v) is 15.2. The molecule has 0 atom stereocenters. The van der Waals surface area contributed by atoms with Crippen LogP contribution in [0.1, 0.15) is 100 Å². The molecular weight excluding hydrogens is 304 g/mol. The number of furan rings is 1. The Morgan fingerprint density at radius 1 is 0.917 bits per heavy atom. The Kier molecular flexibility index (Phi) is 12.2. The molecule has 0 aromatic carbocycles. The quantitative estimate of drug-likeness (QED) is 0.365. The zero-order valence-electron chi connectivity index (χ0n) is 15.2. The van der Waals surface area contributed by atoms with Crippen LogP contribution < -0.4 is 0 Å². The van der Waals surface area contributed by atoms with Gasteiger partial charge in [-0.1, -0.05) is 77.6 Å². The van der Waals surface area contributed by atoms with Crippen LogP contribution in [0.3, 0.4) is 0 Å². The molecule has 1 heterocycles. The van der Waals surface area contributed by atoms with Gasteiger partial charge in [0.1, 0.15) is 12.4 Å². The van der Waals surface area contributed by atoms with Crippen LogP contribution in [-0.2, 0) is 11.3 Å². The van der Waals surface area contributed by atoms with Gasteiger partial charge in [0, 0.05) is 6.61 Å². The summed E-state index contributed by atoms with van der Waals surface area (Å²) in [5.74, 6) is -0.493. The molecule has 1 aromatic heterocycles. The number of carboxylic acid groups (broad SMARTS) is 1. The third-order valence-electron chi connectivity index (χ3n) is 4.26. The fourth-order valence-electron chi connectivity index (χ4n) is 2.79. The van der Waals surface area contributed by atoms with Gasteiger partial charge in [0.05, 0.1) is 0 Å². The van der Waals surface area contributed by atoms with Crippen molar-refractivity contribution in [2.24, 2.45) is 0 Å². The lowest BCUT2D eigenvalue weighted by atomic mass is 10.1. The first-order chi connectivity index (χ1) is 11.7. The second-order valence-corrected chi connectivity index (χ2v) is 6.51. The van der Waals surface area contributed by atoms with Crippen LogP contribution in [0.2, 0.25) is 0 Å². The van der Waals surface area contributed by atoms with E-state index in [1.807, 2.05) is 0 Å². The number of ether oxygens (including phenoxy) is 1. The van der Waals surface area contributed by atoms with Crippen molar-refractivity contribution in [2.45, 2.75) is 90.6 Å². The van der Waals surface area contributed by atoms with Gasteiger partial charge in [0.2, 0.25) is 5.76 Å². The van der Waals surface area contributed by atoms with Crippen molar-refractivity contribution >= 4 is 5.97 Å². The van der Waals surface area contributed by atoms with Gasteiger partial charge >= 0.3 is 5.97 Å². The molecule has 0 aliphatic heterocycles. The van der Waals surface area contributed by atoms with Crippen molar-refractivity contribution in [3.05, 3.63) is 23.7 Å². The number of hydrogen-bond acceptors (Lipinski definition) is 3. The lowest BCUT2D eigenvalue weighted by Gasteiger charge is -2.04. The standard InChI is InChI=1S/C20H34O4/c1-2-3-4-5-6-7-8-9-10-11-12-13-16-23-17-18-14-15-19(24-18)20(21)22/h14-15H,2-13,16-17H2,1H3,(H,21,22). The van der Waals surface area contributed by atoms with E-state index in [4.69, 9.17) is 14.3 Å². The zero-order chi connectivity index (χ0) is 17.5. The van der Waals surface area contributed by atoms with E-state index in [1.165, 1.54) is 76.7 Å². The molecule has 0 radical (unpaired) electrons. The van der Waals surface area contributed by atoms with E-state index in [9.17, 15) is 4.79 Å². The number of carbonyl (C=O) groups is 1. The summed E-state index contributed by atoms with van der Waals surface area (Å²) < 4.78 is 10.7. The smallest absolute Gasteiger partial charge is 0.371 e. The Labute approximate surface area is 146 Å². The summed E-state index contributed by atoms with van der Waals surface area (Å²) in [7, 11) is 0. The van der Waals surface area contributed by atoms with Crippen LogP contribution in [0, 0.1) is 0 Å². The molecule has 138 valence electrons. The van der Waals surface area contributed by atoms with Crippen molar-refractivity contribution < 1.29 is 19.1 Å². The van der Waals surface area contributed by atoms with Crippen LogP contribution >= 0.6 is 0 Å². The van der Waals surface area contributed by atoms with E-state index in [2.05, 4.69) is 6.92 Å². The molecule has 0 spiro atoms.